The number of benzene rings is 1. The van der Waals surface area contributed by atoms with Gasteiger partial charge in [0, 0.05) is 41.3 Å². The lowest BCUT2D eigenvalue weighted by Gasteiger charge is -2.46. The highest BCUT2D eigenvalue weighted by atomic mass is 32.1. The first-order chi connectivity index (χ1) is 16.6. The third kappa shape index (κ3) is 7.34. The van der Waals surface area contributed by atoms with Crippen molar-refractivity contribution in [2.45, 2.75) is 70.7 Å². The van der Waals surface area contributed by atoms with E-state index < -0.39 is 5.97 Å². The monoisotopic (exact) mass is 493 g/mol. The van der Waals surface area contributed by atoms with Crippen LogP contribution in [0.15, 0.2) is 54.7 Å². The Morgan fingerprint density at radius 1 is 1.09 bits per heavy atom. The summed E-state index contributed by atoms with van der Waals surface area (Å²) in [7, 11) is 0. The van der Waals surface area contributed by atoms with Crippen LogP contribution < -0.4 is 10.6 Å². The molecule has 0 atom stereocenters. The van der Waals surface area contributed by atoms with Gasteiger partial charge in [-0.15, -0.1) is 11.3 Å². The molecule has 0 unspecified atom stereocenters. The first kappa shape index (κ1) is 25.3. The second kappa shape index (κ2) is 10.4. The fourth-order valence-corrected chi connectivity index (χ4v) is 6.21. The van der Waals surface area contributed by atoms with Gasteiger partial charge in [0.2, 0.25) is 5.95 Å². The van der Waals surface area contributed by atoms with E-state index in [1.165, 1.54) is 0 Å². The average molecular weight is 494 g/mol. The molecule has 1 fully saturated rings. The summed E-state index contributed by atoms with van der Waals surface area (Å²) in [6, 6.07) is 16.3. The van der Waals surface area contributed by atoms with Gasteiger partial charge in [0.15, 0.2) is 0 Å². The molecule has 2 aromatic heterocycles. The summed E-state index contributed by atoms with van der Waals surface area (Å²) in [6.45, 7) is 10.1. The summed E-state index contributed by atoms with van der Waals surface area (Å²) in [5.74, 6) is -0.180. The molecule has 35 heavy (non-hydrogen) atoms. The molecule has 1 aliphatic heterocycles. The number of carboxylic acid groups (broad SMARTS) is 1. The second-order valence-electron chi connectivity index (χ2n) is 10.7. The Morgan fingerprint density at radius 3 is 2.49 bits per heavy atom. The largest absolute Gasteiger partial charge is 0.480 e. The Hall–Kier alpha value is -2.81. The van der Waals surface area contributed by atoms with E-state index in [1.807, 2.05) is 41.3 Å². The van der Waals surface area contributed by atoms with Crippen molar-refractivity contribution >= 4 is 23.3 Å². The van der Waals surface area contributed by atoms with E-state index in [2.05, 4.69) is 55.4 Å². The number of anilines is 1. The highest BCUT2D eigenvalue weighted by Gasteiger charge is 2.37. The first-order valence-electron chi connectivity index (χ1n) is 12.0. The fourth-order valence-electron chi connectivity index (χ4n) is 5.19. The molecule has 1 aromatic carbocycles. The number of nitrogens with zero attached hydrogens (tertiary/aromatic N) is 3. The van der Waals surface area contributed by atoms with E-state index in [1.54, 1.807) is 17.5 Å². The van der Waals surface area contributed by atoms with Gasteiger partial charge < -0.3 is 15.7 Å². The highest BCUT2D eigenvalue weighted by molar-refractivity contribution is 7.15. The van der Waals surface area contributed by atoms with Crippen molar-refractivity contribution in [1.82, 2.24) is 20.2 Å². The maximum Gasteiger partial charge on any atom is 0.317 e. The number of thiophene rings is 1. The van der Waals surface area contributed by atoms with Crippen molar-refractivity contribution in [2.75, 3.05) is 11.9 Å². The molecule has 0 aliphatic carbocycles. The van der Waals surface area contributed by atoms with Gasteiger partial charge in [-0.1, -0.05) is 30.3 Å². The number of hydrogen-bond acceptors (Lipinski definition) is 7. The molecule has 0 bridgehead atoms. The normalized spacial score (nSPS) is 17.4. The lowest BCUT2D eigenvalue weighted by Crippen LogP contribution is -2.60. The zero-order chi connectivity index (χ0) is 25.1. The molecule has 4 rings (SSSR count). The molecule has 0 amide bonds. The maximum absolute atomic E-state index is 11.4. The Labute approximate surface area is 211 Å². The van der Waals surface area contributed by atoms with Gasteiger partial charge in [-0.25, -0.2) is 9.97 Å². The average Bonchev–Trinajstić information content (AvgIpc) is 3.20. The second-order valence-corrected chi connectivity index (χ2v) is 11.9. The van der Waals surface area contributed by atoms with Crippen LogP contribution in [0.1, 0.15) is 51.0 Å². The van der Waals surface area contributed by atoms with Crippen LogP contribution in [0.4, 0.5) is 5.95 Å². The molecule has 1 aliphatic rings. The van der Waals surface area contributed by atoms with Crippen molar-refractivity contribution in [3.05, 3.63) is 65.2 Å². The quantitative estimate of drug-likeness (QED) is 0.386. The molecule has 3 heterocycles. The van der Waals surface area contributed by atoms with Crippen molar-refractivity contribution in [2.24, 2.45) is 0 Å². The topological polar surface area (TPSA) is 90.4 Å². The molecule has 3 aromatic rings. The minimum absolute atomic E-state index is 0.00730. The summed E-state index contributed by atoms with van der Waals surface area (Å²) >= 11 is 1.64. The van der Waals surface area contributed by atoms with Crippen LogP contribution in [-0.4, -0.2) is 49.6 Å². The van der Waals surface area contributed by atoms with Crippen LogP contribution in [0.2, 0.25) is 0 Å². The molecular weight excluding hydrogens is 458 g/mol. The number of aliphatic carboxylic acids is 1. The third-order valence-corrected chi connectivity index (χ3v) is 7.17. The highest BCUT2D eigenvalue weighted by Crippen LogP contribution is 2.31. The van der Waals surface area contributed by atoms with Gasteiger partial charge in [-0.2, -0.15) is 0 Å². The van der Waals surface area contributed by atoms with Gasteiger partial charge in [0.1, 0.15) is 0 Å². The van der Waals surface area contributed by atoms with Gasteiger partial charge in [0.05, 0.1) is 17.1 Å². The lowest BCUT2D eigenvalue weighted by molar-refractivity contribution is -0.138. The lowest BCUT2D eigenvalue weighted by atomic mass is 9.80. The number of aromatic nitrogens is 2. The van der Waals surface area contributed by atoms with Gasteiger partial charge in [-0.05, 0) is 64.3 Å². The summed E-state index contributed by atoms with van der Waals surface area (Å²) in [5.41, 5.74) is 2.06. The van der Waals surface area contributed by atoms with Crippen LogP contribution >= 0.6 is 11.3 Å². The standard InChI is InChI=1S/C27H35N5O2S/c1-26(2)14-20(15-27(3,4)31-26)29-25-28-13-12-22(30-25)23-11-10-21(35-23)17-32(18-24(33)34)16-19-8-6-5-7-9-19/h5-13,20,31H,14-18H2,1-4H3,(H,33,34)(H,28,29,30). The predicted molar refractivity (Wildman–Crippen MR) is 141 cm³/mol. The molecular formula is C27H35N5O2S. The summed E-state index contributed by atoms with van der Waals surface area (Å²) in [4.78, 5) is 24.8. The van der Waals surface area contributed by atoms with E-state index >= 15 is 0 Å². The number of hydrogen-bond donors (Lipinski definition) is 3. The van der Waals surface area contributed by atoms with E-state index in [-0.39, 0.29) is 23.7 Å². The Bertz CT molecular complexity index is 1130. The summed E-state index contributed by atoms with van der Waals surface area (Å²) in [5, 5.41) is 16.7. The fraction of sp³-hybridized carbons (Fsp3) is 0.444. The molecule has 186 valence electrons. The third-order valence-electron chi connectivity index (χ3n) is 6.08. The van der Waals surface area contributed by atoms with Gasteiger partial charge >= 0.3 is 5.97 Å². The molecule has 0 radical (unpaired) electrons. The molecule has 0 spiro atoms. The molecule has 7 nitrogen and oxygen atoms in total. The van der Waals surface area contributed by atoms with E-state index in [0.717, 1.165) is 33.9 Å². The van der Waals surface area contributed by atoms with Crippen molar-refractivity contribution in [1.29, 1.82) is 0 Å². The molecule has 3 N–H and O–H groups in total. The van der Waals surface area contributed by atoms with E-state index in [4.69, 9.17) is 4.98 Å². The van der Waals surface area contributed by atoms with Gasteiger partial charge in [0.25, 0.3) is 0 Å². The summed E-state index contributed by atoms with van der Waals surface area (Å²) in [6.07, 6.45) is 3.79. The van der Waals surface area contributed by atoms with Gasteiger partial charge in [-0.3, -0.25) is 9.69 Å². The van der Waals surface area contributed by atoms with Crippen LogP contribution in [0.5, 0.6) is 0 Å². The number of piperidine rings is 1. The Balaban J connectivity index is 1.45. The zero-order valence-electron chi connectivity index (χ0n) is 20.9. The Morgan fingerprint density at radius 2 is 1.80 bits per heavy atom. The first-order valence-corrected chi connectivity index (χ1v) is 12.8. The minimum atomic E-state index is -0.825. The van der Waals surface area contributed by atoms with Crippen LogP contribution in [0, 0.1) is 0 Å². The smallest absolute Gasteiger partial charge is 0.317 e. The SMILES string of the molecule is CC1(C)CC(Nc2nccc(-c3ccc(CN(CC(=O)O)Cc4ccccc4)s3)n2)CC(C)(C)N1. The molecule has 0 saturated carbocycles. The molecule has 8 heteroatoms. The van der Waals surface area contributed by atoms with Crippen LogP contribution in [0.25, 0.3) is 10.6 Å². The minimum Gasteiger partial charge on any atom is -0.480 e. The Kier molecular flexibility index (Phi) is 7.54. The predicted octanol–water partition coefficient (Wildman–Crippen LogP) is 5.01. The van der Waals surface area contributed by atoms with Crippen molar-refractivity contribution in [3.63, 3.8) is 0 Å². The van der Waals surface area contributed by atoms with Crippen LogP contribution in [0.3, 0.4) is 0 Å². The number of nitrogens with one attached hydrogen (secondary N) is 2. The zero-order valence-corrected chi connectivity index (χ0v) is 21.7. The van der Waals surface area contributed by atoms with Crippen molar-refractivity contribution in [3.8, 4) is 10.6 Å². The number of carboxylic acids is 1. The number of rotatable bonds is 9. The van der Waals surface area contributed by atoms with E-state index in [0.29, 0.717) is 19.0 Å². The van der Waals surface area contributed by atoms with Crippen molar-refractivity contribution < 1.29 is 9.90 Å². The molecule has 1 saturated heterocycles. The maximum atomic E-state index is 11.4. The summed E-state index contributed by atoms with van der Waals surface area (Å²) < 4.78 is 0. The van der Waals surface area contributed by atoms with E-state index in [9.17, 15) is 9.90 Å². The number of carbonyl (C=O) groups is 1. The van der Waals surface area contributed by atoms with Crippen LogP contribution in [-0.2, 0) is 17.9 Å².